The fourth-order valence-electron chi connectivity index (χ4n) is 1.70. The van der Waals surface area contributed by atoms with Crippen LogP contribution >= 0.6 is 15.9 Å². The molecule has 0 unspecified atom stereocenters. The van der Waals surface area contributed by atoms with Crippen molar-refractivity contribution in [3.63, 3.8) is 0 Å². The summed E-state index contributed by atoms with van der Waals surface area (Å²) in [7, 11) is 0. The molecule has 1 amide bonds. The SMILES string of the molecule is CCNC(=O)CN(CC)Cc1cc(F)cc(Br)c1. The van der Waals surface area contributed by atoms with Crippen LogP contribution in [0.3, 0.4) is 0 Å². The van der Waals surface area contributed by atoms with Gasteiger partial charge in [0.25, 0.3) is 0 Å². The van der Waals surface area contributed by atoms with Gasteiger partial charge in [0.05, 0.1) is 6.54 Å². The molecule has 0 fully saturated rings. The van der Waals surface area contributed by atoms with Crippen molar-refractivity contribution in [2.24, 2.45) is 0 Å². The van der Waals surface area contributed by atoms with E-state index in [1.165, 1.54) is 12.1 Å². The summed E-state index contributed by atoms with van der Waals surface area (Å²) in [5.41, 5.74) is 0.855. The summed E-state index contributed by atoms with van der Waals surface area (Å²) < 4.78 is 14.0. The molecule has 0 heterocycles. The Morgan fingerprint density at radius 3 is 2.67 bits per heavy atom. The molecular formula is C13H18BrFN2O. The number of nitrogens with one attached hydrogen (secondary N) is 1. The molecule has 5 heteroatoms. The van der Waals surface area contributed by atoms with Crippen molar-refractivity contribution in [1.82, 2.24) is 10.2 Å². The van der Waals surface area contributed by atoms with E-state index in [2.05, 4.69) is 21.2 Å². The first-order valence-electron chi connectivity index (χ1n) is 5.99. The van der Waals surface area contributed by atoms with Gasteiger partial charge in [0.15, 0.2) is 0 Å². The van der Waals surface area contributed by atoms with Gasteiger partial charge in [0.1, 0.15) is 5.82 Å². The number of hydrogen-bond acceptors (Lipinski definition) is 2. The van der Waals surface area contributed by atoms with E-state index in [1.54, 1.807) is 0 Å². The van der Waals surface area contributed by atoms with Crippen LogP contribution in [-0.2, 0) is 11.3 Å². The lowest BCUT2D eigenvalue weighted by Gasteiger charge is -2.19. The van der Waals surface area contributed by atoms with Gasteiger partial charge in [-0.3, -0.25) is 9.69 Å². The summed E-state index contributed by atoms with van der Waals surface area (Å²) in [5.74, 6) is -0.275. The molecule has 0 saturated carbocycles. The maximum absolute atomic E-state index is 13.2. The van der Waals surface area contributed by atoms with E-state index in [-0.39, 0.29) is 11.7 Å². The van der Waals surface area contributed by atoms with E-state index in [0.717, 1.165) is 12.1 Å². The second-order valence-electron chi connectivity index (χ2n) is 4.03. The van der Waals surface area contributed by atoms with E-state index < -0.39 is 0 Å². The number of nitrogens with zero attached hydrogens (tertiary/aromatic N) is 1. The number of rotatable bonds is 6. The highest BCUT2D eigenvalue weighted by atomic mass is 79.9. The normalized spacial score (nSPS) is 10.7. The van der Waals surface area contributed by atoms with Gasteiger partial charge >= 0.3 is 0 Å². The Balaban J connectivity index is 2.64. The number of likely N-dealkylation sites (N-methyl/N-ethyl adjacent to an activating group) is 2. The predicted molar refractivity (Wildman–Crippen MR) is 73.7 cm³/mol. The predicted octanol–water partition coefficient (Wildman–Crippen LogP) is 2.55. The minimum Gasteiger partial charge on any atom is -0.355 e. The smallest absolute Gasteiger partial charge is 0.234 e. The van der Waals surface area contributed by atoms with Gasteiger partial charge in [-0.25, -0.2) is 4.39 Å². The van der Waals surface area contributed by atoms with E-state index in [1.807, 2.05) is 24.8 Å². The summed E-state index contributed by atoms with van der Waals surface area (Å²) in [6, 6.07) is 4.78. The zero-order chi connectivity index (χ0) is 13.5. The summed E-state index contributed by atoms with van der Waals surface area (Å²) in [6.45, 7) is 6.13. The lowest BCUT2D eigenvalue weighted by Crippen LogP contribution is -2.36. The maximum Gasteiger partial charge on any atom is 0.234 e. The Bertz CT molecular complexity index is 392. The molecule has 0 aliphatic rings. The first-order valence-corrected chi connectivity index (χ1v) is 6.78. The molecule has 3 nitrogen and oxygen atoms in total. The number of hydrogen-bond donors (Lipinski definition) is 1. The van der Waals surface area contributed by atoms with Crippen molar-refractivity contribution in [3.8, 4) is 0 Å². The molecule has 0 radical (unpaired) electrons. The minimum atomic E-state index is -0.270. The summed E-state index contributed by atoms with van der Waals surface area (Å²) >= 11 is 3.26. The highest BCUT2D eigenvalue weighted by molar-refractivity contribution is 9.10. The Morgan fingerprint density at radius 2 is 2.11 bits per heavy atom. The van der Waals surface area contributed by atoms with Crippen LogP contribution in [0, 0.1) is 5.82 Å². The molecule has 0 aromatic heterocycles. The van der Waals surface area contributed by atoms with Crippen LogP contribution < -0.4 is 5.32 Å². The molecule has 0 bridgehead atoms. The molecule has 0 aliphatic carbocycles. The van der Waals surface area contributed by atoms with Crippen molar-refractivity contribution in [1.29, 1.82) is 0 Å². The van der Waals surface area contributed by atoms with Crippen molar-refractivity contribution >= 4 is 21.8 Å². The molecule has 0 atom stereocenters. The maximum atomic E-state index is 13.2. The Kier molecular flexibility index (Phi) is 6.29. The number of halogens is 2. The van der Waals surface area contributed by atoms with Gasteiger partial charge < -0.3 is 5.32 Å². The second-order valence-corrected chi connectivity index (χ2v) is 4.95. The van der Waals surface area contributed by atoms with Gasteiger partial charge in [-0.1, -0.05) is 22.9 Å². The Morgan fingerprint density at radius 1 is 1.39 bits per heavy atom. The van der Waals surface area contributed by atoms with Crippen LogP contribution in [0.2, 0.25) is 0 Å². The molecular weight excluding hydrogens is 299 g/mol. The van der Waals surface area contributed by atoms with Crippen molar-refractivity contribution in [3.05, 3.63) is 34.1 Å². The number of carbonyl (C=O) groups excluding carboxylic acids is 1. The third kappa shape index (κ3) is 5.14. The molecule has 1 aromatic rings. The van der Waals surface area contributed by atoms with Crippen molar-refractivity contribution in [2.45, 2.75) is 20.4 Å². The molecule has 0 spiro atoms. The standard InChI is InChI=1S/C13H18BrFN2O/c1-3-16-13(18)9-17(4-2)8-10-5-11(14)7-12(15)6-10/h5-7H,3-4,8-9H2,1-2H3,(H,16,18). The molecule has 1 aromatic carbocycles. The highest BCUT2D eigenvalue weighted by Crippen LogP contribution is 2.16. The largest absolute Gasteiger partial charge is 0.355 e. The second kappa shape index (κ2) is 7.48. The first-order chi connectivity index (χ1) is 8.55. The lowest BCUT2D eigenvalue weighted by atomic mass is 10.2. The number of carbonyl (C=O) groups is 1. The third-order valence-electron chi connectivity index (χ3n) is 2.52. The Labute approximate surface area is 115 Å². The summed E-state index contributed by atoms with van der Waals surface area (Å²) in [5, 5.41) is 2.75. The van der Waals surface area contributed by atoms with Crippen LogP contribution in [0.1, 0.15) is 19.4 Å². The molecule has 18 heavy (non-hydrogen) atoms. The van der Waals surface area contributed by atoms with Gasteiger partial charge in [0.2, 0.25) is 5.91 Å². The fourth-order valence-corrected chi connectivity index (χ4v) is 2.21. The van der Waals surface area contributed by atoms with Crippen LogP contribution in [0.4, 0.5) is 4.39 Å². The molecule has 100 valence electrons. The van der Waals surface area contributed by atoms with Gasteiger partial charge in [-0.15, -0.1) is 0 Å². The lowest BCUT2D eigenvalue weighted by molar-refractivity contribution is -0.122. The van der Waals surface area contributed by atoms with Gasteiger partial charge in [-0.2, -0.15) is 0 Å². The van der Waals surface area contributed by atoms with Crippen LogP contribution in [-0.4, -0.2) is 30.4 Å². The zero-order valence-electron chi connectivity index (χ0n) is 10.7. The Hall–Kier alpha value is -0.940. The monoisotopic (exact) mass is 316 g/mol. The van der Waals surface area contributed by atoms with E-state index in [0.29, 0.717) is 24.1 Å². The van der Waals surface area contributed by atoms with E-state index in [4.69, 9.17) is 0 Å². The molecule has 1 rings (SSSR count). The summed E-state index contributed by atoms with van der Waals surface area (Å²) in [6.07, 6.45) is 0. The van der Waals surface area contributed by atoms with Crippen LogP contribution in [0.15, 0.2) is 22.7 Å². The number of amides is 1. The van der Waals surface area contributed by atoms with Gasteiger partial charge in [-0.05, 0) is 37.2 Å². The van der Waals surface area contributed by atoms with Crippen molar-refractivity contribution < 1.29 is 9.18 Å². The molecule has 1 N–H and O–H groups in total. The first kappa shape index (κ1) is 15.1. The average molecular weight is 317 g/mol. The average Bonchev–Trinajstić information content (AvgIpc) is 2.27. The van der Waals surface area contributed by atoms with Crippen LogP contribution in [0.5, 0.6) is 0 Å². The summed E-state index contributed by atoms with van der Waals surface area (Å²) in [4.78, 5) is 13.5. The van der Waals surface area contributed by atoms with E-state index >= 15 is 0 Å². The highest BCUT2D eigenvalue weighted by Gasteiger charge is 2.09. The van der Waals surface area contributed by atoms with Gasteiger partial charge in [0, 0.05) is 17.6 Å². The fraction of sp³-hybridized carbons (Fsp3) is 0.462. The quantitative estimate of drug-likeness (QED) is 0.874. The molecule has 0 aliphatic heterocycles. The van der Waals surface area contributed by atoms with E-state index in [9.17, 15) is 9.18 Å². The van der Waals surface area contributed by atoms with Crippen molar-refractivity contribution in [2.75, 3.05) is 19.6 Å². The topological polar surface area (TPSA) is 32.3 Å². The third-order valence-corrected chi connectivity index (χ3v) is 2.97. The van der Waals surface area contributed by atoms with Crippen LogP contribution in [0.25, 0.3) is 0 Å². The zero-order valence-corrected chi connectivity index (χ0v) is 12.3. The minimum absolute atomic E-state index is 0.00480. The molecule has 0 saturated heterocycles. The number of benzene rings is 1.